The van der Waals surface area contributed by atoms with Crippen molar-refractivity contribution in [2.45, 2.75) is 78.8 Å². The van der Waals surface area contributed by atoms with Gasteiger partial charge in [0.2, 0.25) is 11.8 Å². The zero-order valence-electron chi connectivity index (χ0n) is 20.6. The van der Waals surface area contributed by atoms with Crippen LogP contribution in [0.3, 0.4) is 0 Å². The van der Waals surface area contributed by atoms with Crippen molar-refractivity contribution in [3.8, 4) is 5.75 Å². The molecule has 6 N–H and O–H groups in total. The van der Waals surface area contributed by atoms with Crippen LogP contribution in [-0.2, 0) is 20.8 Å². The molecule has 8 nitrogen and oxygen atoms in total. The summed E-state index contributed by atoms with van der Waals surface area (Å²) in [7, 11) is 0. The van der Waals surface area contributed by atoms with Gasteiger partial charge in [-0.2, -0.15) is 0 Å². The Labute approximate surface area is 197 Å². The van der Waals surface area contributed by atoms with Gasteiger partial charge in [0.05, 0.1) is 0 Å². The van der Waals surface area contributed by atoms with Gasteiger partial charge in [0.25, 0.3) is 0 Å². The molecule has 0 aromatic heterocycles. The zero-order chi connectivity index (χ0) is 25.2. The van der Waals surface area contributed by atoms with Crippen LogP contribution in [0, 0.1) is 17.3 Å². The van der Waals surface area contributed by atoms with Crippen LogP contribution in [0.4, 0.5) is 0 Å². The van der Waals surface area contributed by atoms with Crippen molar-refractivity contribution in [3.63, 3.8) is 0 Å². The summed E-state index contributed by atoms with van der Waals surface area (Å²) >= 11 is 0. The lowest BCUT2D eigenvalue weighted by atomic mass is 9.77. The van der Waals surface area contributed by atoms with E-state index in [0.717, 1.165) is 12.8 Å². The van der Waals surface area contributed by atoms with Crippen molar-refractivity contribution in [3.05, 3.63) is 29.8 Å². The molecule has 0 saturated carbocycles. The van der Waals surface area contributed by atoms with E-state index in [9.17, 15) is 24.6 Å². The second-order valence-electron chi connectivity index (χ2n) is 10.2. The summed E-state index contributed by atoms with van der Waals surface area (Å²) < 4.78 is 0. The standard InChI is InChI=1S/C25H41N3O5/c1-16(2)14-20(27-22(30)19(25(3,4)5)8-6-7-13-26)23(31)28-21(24(32)33)15-17-9-11-18(29)12-10-17/h9-12,16,19-21,29H,6-8,13-15,26H2,1-5H3,(H,27,30)(H,28,31)(H,32,33). The average Bonchev–Trinajstić information content (AvgIpc) is 2.70. The quantitative estimate of drug-likeness (QED) is 0.285. The minimum absolute atomic E-state index is 0.0629. The maximum absolute atomic E-state index is 13.2. The number of nitrogens with two attached hydrogens (primary N) is 1. The number of carboxylic acid groups (broad SMARTS) is 1. The molecule has 8 heteroatoms. The van der Waals surface area contributed by atoms with E-state index in [1.165, 1.54) is 12.1 Å². The van der Waals surface area contributed by atoms with Crippen LogP contribution in [0.2, 0.25) is 0 Å². The molecular weight excluding hydrogens is 422 g/mol. The molecule has 186 valence electrons. The van der Waals surface area contributed by atoms with Crippen molar-refractivity contribution in [2.24, 2.45) is 23.0 Å². The van der Waals surface area contributed by atoms with E-state index in [-0.39, 0.29) is 35.3 Å². The number of phenolic OH excluding ortho intramolecular Hbond substituents is 1. The highest BCUT2D eigenvalue weighted by atomic mass is 16.4. The molecule has 0 saturated heterocycles. The smallest absolute Gasteiger partial charge is 0.326 e. The van der Waals surface area contributed by atoms with Crippen molar-refractivity contribution < 1.29 is 24.6 Å². The van der Waals surface area contributed by atoms with Gasteiger partial charge in [-0.3, -0.25) is 9.59 Å². The summed E-state index contributed by atoms with van der Waals surface area (Å²) in [6, 6.07) is 4.17. The van der Waals surface area contributed by atoms with Gasteiger partial charge in [-0.05, 0) is 54.8 Å². The van der Waals surface area contributed by atoms with Crippen LogP contribution in [0.15, 0.2) is 24.3 Å². The Morgan fingerprint density at radius 2 is 1.55 bits per heavy atom. The van der Waals surface area contributed by atoms with E-state index < -0.39 is 24.0 Å². The first-order valence-electron chi connectivity index (χ1n) is 11.7. The third kappa shape index (κ3) is 10.2. The monoisotopic (exact) mass is 463 g/mol. The Hall–Kier alpha value is -2.61. The normalized spacial score (nSPS) is 14.4. The van der Waals surface area contributed by atoms with Gasteiger partial charge in [-0.15, -0.1) is 0 Å². The summed E-state index contributed by atoms with van der Waals surface area (Å²) in [4.78, 5) is 38.0. The first-order chi connectivity index (χ1) is 15.3. The molecule has 3 atom stereocenters. The average molecular weight is 464 g/mol. The van der Waals surface area contributed by atoms with Gasteiger partial charge in [-0.1, -0.05) is 53.2 Å². The minimum atomic E-state index is -1.17. The molecule has 1 aromatic rings. The van der Waals surface area contributed by atoms with Crippen LogP contribution >= 0.6 is 0 Å². The molecule has 0 heterocycles. The molecule has 0 aliphatic rings. The number of aromatic hydroxyl groups is 1. The van der Waals surface area contributed by atoms with Crippen molar-refractivity contribution in [2.75, 3.05) is 6.54 Å². The Bertz CT molecular complexity index is 771. The van der Waals surface area contributed by atoms with Gasteiger partial charge >= 0.3 is 5.97 Å². The molecule has 2 amide bonds. The van der Waals surface area contributed by atoms with Crippen LogP contribution < -0.4 is 16.4 Å². The molecule has 0 bridgehead atoms. The Morgan fingerprint density at radius 3 is 2.03 bits per heavy atom. The Balaban J connectivity index is 2.97. The number of unbranched alkanes of at least 4 members (excludes halogenated alkanes) is 1. The predicted octanol–water partition coefficient (Wildman–Crippen LogP) is 2.83. The number of carbonyl (C=O) groups is 3. The summed E-state index contributed by atoms with van der Waals surface area (Å²) in [5.41, 5.74) is 5.97. The fraction of sp³-hybridized carbons (Fsp3) is 0.640. The Kier molecular flexibility index (Phi) is 11.4. The summed E-state index contributed by atoms with van der Waals surface area (Å²) in [5, 5.41) is 24.5. The molecule has 0 aliphatic carbocycles. The number of nitrogens with one attached hydrogen (secondary N) is 2. The number of phenols is 1. The van der Waals surface area contributed by atoms with Gasteiger partial charge in [0.15, 0.2) is 0 Å². The first kappa shape index (κ1) is 28.4. The molecule has 0 fully saturated rings. The Morgan fingerprint density at radius 1 is 0.970 bits per heavy atom. The van der Waals surface area contributed by atoms with Crippen molar-refractivity contribution in [1.82, 2.24) is 10.6 Å². The fourth-order valence-electron chi connectivity index (χ4n) is 3.77. The number of amides is 2. The van der Waals surface area contributed by atoms with Gasteiger partial charge in [0.1, 0.15) is 17.8 Å². The highest BCUT2D eigenvalue weighted by Crippen LogP contribution is 2.30. The second-order valence-corrected chi connectivity index (χ2v) is 10.2. The van der Waals surface area contributed by atoms with Gasteiger partial charge < -0.3 is 26.6 Å². The maximum atomic E-state index is 13.2. The van der Waals surface area contributed by atoms with E-state index in [2.05, 4.69) is 10.6 Å². The lowest BCUT2D eigenvalue weighted by molar-refractivity contribution is -0.142. The van der Waals surface area contributed by atoms with Gasteiger partial charge in [-0.25, -0.2) is 4.79 Å². The molecule has 1 aromatic carbocycles. The van der Waals surface area contributed by atoms with Crippen LogP contribution in [0.1, 0.15) is 65.9 Å². The number of carboxylic acids is 1. The van der Waals surface area contributed by atoms with E-state index in [1.54, 1.807) is 12.1 Å². The summed E-state index contributed by atoms with van der Waals surface area (Å²) in [6.45, 7) is 10.4. The molecule has 0 aliphatic heterocycles. The maximum Gasteiger partial charge on any atom is 0.326 e. The van der Waals surface area contributed by atoms with E-state index in [4.69, 9.17) is 5.73 Å². The van der Waals surface area contributed by atoms with Crippen LogP contribution in [-0.4, -0.2) is 46.6 Å². The fourth-order valence-corrected chi connectivity index (χ4v) is 3.77. The molecule has 0 radical (unpaired) electrons. The number of rotatable bonds is 13. The van der Waals surface area contributed by atoms with E-state index in [0.29, 0.717) is 24.9 Å². The van der Waals surface area contributed by atoms with Crippen molar-refractivity contribution in [1.29, 1.82) is 0 Å². The molecular formula is C25H41N3O5. The number of hydrogen-bond donors (Lipinski definition) is 5. The molecule has 3 unspecified atom stereocenters. The number of carbonyl (C=O) groups excluding carboxylic acids is 2. The lowest BCUT2D eigenvalue weighted by Crippen LogP contribution is -2.54. The summed E-state index contributed by atoms with van der Waals surface area (Å²) in [5.74, 6) is -1.98. The third-order valence-corrected chi connectivity index (χ3v) is 5.64. The predicted molar refractivity (Wildman–Crippen MR) is 129 cm³/mol. The number of hydrogen-bond acceptors (Lipinski definition) is 5. The van der Waals surface area contributed by atoms with E-state index in [1.807, 2.05) is 34.6 Å². The van der Waals surface area contributed by atoms with E-state index >= 15 is 0 Å². The number of aliphatic carboxylic acids is 1. The van der Waals surface area contributed by atoms with Gasteiger partial charge in [0, 0.05) is 12.3 Å². The third-order valence-electron chi connectivity index (χ3n) is 5.64. The molecule has 33 heavy (non-hydrogen) atoms. The second kappa shape index (κ2) is 13.2. The summed E-state index contributed by atoms with van der Waals surface area (Å²) in [6.07, 6.45) is 2.77. The number of benzene rings is 1. The first-order valence-corrected chi connectivity index (χ1v) is 11.7. The molecule has 1 rings (SSSR count). The largest absolute Gasteiger partial charge is 0.508 e. The topological polar surface area (TPSA) is 142 Å². The minimum Gasteiger partial charge on any atom is -0.508 e. The zero-order valence-corrected chi connectivity index (χ0v) is 20.6. The lowest BCUT2D eigenvalue weighted by Gasteiger charge is -2.32. The van der Waals surface area contributed by atoms with Crippen LogP contribution in [0.25, 0.3) is 0 Å². The molecule has 0 spiro atoms. The SMILES string of the molecule is CC(C)CC(NC(=O)C(CCCCN)C(C)(C)C)C(=O)NC(Cc1ccc(O)cc1)C(=O)O. The highest BCUT2D eigenvalue weighted by molar-refractivity contribution is 5.91. The highest BCUT2D eigenvalue weighted by Gasteiger charge is 2.34. The van der Waals surface area contributed by atoms with Crippen molar-refractivity contribution >= 4 is 17.8 Å². The van der Waals surface area contributed by atoms with Crippen LogP contribution in [0.5, 0.6) is 5.75 Å².